The molecule has 0 amide bonds. The zero-order chi connectivity index (χ0) is 34.0. The van der Waals surface area contributed by atoms with Crippen molar-refractivity contribution in [2.45, 2.75) is 58.2 Å². The minimum atomic E-state index is -3.03. The summed E-state index contributed by atoms with van der Waals surface area (Å²) in [7, 11) is -6.03. The Bertz CT molecular complexity index is 1890. The van der Waals surface area contributed by atoms with Crippen LogP contribution in [0.2, 0.25) is 10.1 Å². The van der Waals surface area contributed by atoms with E-state index < -0.39 is 16.6 Å². The molecule has 1 heterocycles. The Morgan fingerprint density at radius 2 is 0.917 bits per heavy atom. The molecule has 0 radical (unpaired) electrons. The van der Waals surface area contributed by atoms with E-state index in [0.717, 1.165) is 16.3 Å². The first-order valence-corrected chi connectivity index (χ1v) is 20.5. The highest BCUT2D eigenvalue weighted by atomic mass is 28.4. The fourth-order valence-corrected chi connectivity index (χ4v) is 15.8. The van der Waals surface area contributed by atoms with Crippen LogP contribution in [0.5, 0.6) is 11.8 Å². The van der Waals surface area contributed by atoms with Crippen LogP contribution in [0.4, 0.5) is 0 Å². The van der Waals surface area contributed by atoms with Crippen LogP contribution in [-0.2, 0) is 6.61 Å². The number of hydrogen-bond donors (Lipinski definition) is 1. The molecular formula is C42H45NO3Si2. The number of rotatable bonds is 9. The second-order valence-corrected chi connectivity index (χ2v) is 23.0. The second-order valence-electron chi connectivity index (χ2n) is 14.5. The van der Waals surface area contributed by atoms with Crippen molar-refractivity contribution in [3.63, 3.8) is 0 Å². The number of fused-ring (bicyclic) bond motifs is 1. The van der Waals surface area contributed by atoms with Gasteiger partial charge in [0.1, 0.15) is 0 Å². The molecule has 0 spiro atoms. The predicted molar refractivity (Wildman–Crippen MR) is 204 cm³/mol. The molecule has 6 aromatic rings. The third-order valence-electron chi connectivity index (χ3n) is 9.36. The van der Waals surface area contributed by atoms with Gasteiger partial charge in [-0.15, -0.1) is 0 Å². The molecule has 1 aromatic heterocycles. The standard InChI is InChI=1S/C42H45NO3Si2/c1-41(2,3)47(34-19-11-7-12-20-34,35-21-13-8-14-22-35)45-39-30-33-29-32(31-44)27-28-38(33)40(43-39)46-48(42(4,5)6,36-23-15-9-16-24-36)37-25-17-10-18-26-37/h7-30,44H,31H2,1-6H3. The van der Waals surface area contributed by atoms with Crippen molar-refractivity contribution < 1.29 is 14.0 Å². The quantitative estimate of drug-likeness (QED) is 0.161. The van der Waals surface area contributed by atoms with Gasteiger partial charge in [-0.3, -0.25) is 0 Å². The van der Waals surface area contributed by atoms with Crippen molar-refractivity contribution in [3.05, 3.63) is 151 Å². The number of pyridine rings is 1. The lowest BCUT2D eigenvalue weighted by atomic mass is 10.1. The first kappa shape index (κ1) is 33.4. The van der Waals surface area contributed by atoms with Crippen LogP contribution >= 0.6 is 0 Å². The van der Waals surface area contributed by atoms with E-state index in [2.05, 4.69) is 163 Å². The average molecular weight is 668 g/mol. The summed E-state index contributed by atoms with van der Waals surface area (Å²) in [5, 5.41) is 16.1. The van der Waals surface area contributed by atoms with Gasteiger partial charge in [-0.05, 0) is 53.9 Å². The van der Waals surface area contributed by atoms with Gasteiger partial charge in [0.25, 0.3) is 0 Å². The van der Waals surface area contributed by atoms with Crippen molar-refractivity contribution >= 4 is 48.2 Å². The zero-order valence-electron chi connectivity index (χ0n) is 28.8. The van der Waals surface area contributed by atoms with Crippen LogP contribution in [0, 0.1) is 0 Å². The molecule has 6 heteroatoms. The first-order valence-electron chi connectivity index (χ1n) is 16.6. The Morgan fingerprint density at radius 1 is 0.521 bits per heavy atom. The molecule has 0 aliphatic carbocycles. The van der Waals surface area contributed by atoms with Crippen molar-refractivity contribution in [2.24, 2.45) is 0 Å². The lowest BCUT2D eigenvalue weighted by Gasteiger charge is -2.43. The molecule has 48 heavy (non-hydrogen) atoms. The molecular weight excluding hydrogens is 623 g/mol. The normalized spacial score (nSPS) is 12.6. The van der Waals surface area contributed by atoms with E-state index in [4.69, 9.17) is 13.8 Å². The maximum absolute atomic E-state index is 10.2. The number of hydrogen-bond acceptors (Lipinski definition) is 4. The average Bonchev–Trinajstić information content (AvgIpc) is 3.09. The molecule has 0 unspecified atom stereocenters. The molecule has 0 saturated heterocycles. The summed E-state index contributed by atoms with van der Waals surface area (Å²) in [5.74, 6) is 1.05. The predicted octanol–water partition coefficient (Wildman–Crippen LogP) is 7.60. The Hall–Kier alpha value is -4.50. The van der Waals surface area contributed by atoms with Gasteiger partial charge in [-0.2, -0.15) is 4.98 Å². The summed E-state index contributed by atoms with van der Waals surface area (Å²) >= 11 is 0. The van der Waals surface area contributed by atoms with Crippen LogP contribution in [0.25, 0.3) is 10.8 Å². The summed E-state index contributed by atoms with van der Waals surface area (Å²) in [6.07, 6.45) is 0. The van der Waals surface area contributed by atoms with E-state index in [0.29, 0.717) is 11.8 Å². The fraction of sp³-hybridized carbons (Fsp3) is 0.214. The van der Waals surface area contributed by atoms with Gasteiger partial charge in [0, 0.05) is 11.5 Å². The minimum absolute atomic E-state index is 0.0614. The Balaban J connectivity index is 1.64. The van der Waals surface area contributed by atoms with E-state index >= 15 is 0 Å². The minimum Gasteiger partial charge on any atom is -0.521 e. The highest BCUT2D eigenvalue weighted by Gasteiger charge is 2.54. The molecule has 0 saturated carbocycles. The molecule has 0 atom stereocenters. The number of aliphatic hydroxyl groups excluding tert-OH is 1. The van der Waals surface area contributed by atoms with Gasteiger partial charge in [0.2, 0.25) is 11.8 Å². The maximum Gasteiger partial charge on any atom is 0.322 e. The molecule has 4 nitrogen and oxygen atoms in total. The smallest absolute Gasteiger partial charge is 0.322 e. The Morgan fingerprint density at radius 3 is 1.29 bits per heavy atom. The number of aliphatic hydroxyl groups is 1. The van der Waals surface area contributed by atoms with Crippen LogP contribution in [-0.4, -0.2) is 26.7 Å². The van der Waals surface area contributed by atoms with Crippen molar-refractivity contribution in [1.29, 1.82) is 0 Å². The van der Waals surface area contributed by atoms with E-state index in [1.165, 1.54) is 20.7 Å². The van der Waals surface area contributed by atoms with E-state index in [9.17, 15) is 5.11 Å². The lowest BCUT2D eigenvalue weighted by molar-refractivity contribution is 0.282. The van der Waals surface area contributed by atoms with Gasteiger partial charge in [-0.1, -0.05) is 169 Å². The molecule has 244 valence electrons. The number of aromatic nitrogens is 1. The second kappa shape index (κ2) is 13.2. The SMILES string of the molecule is CC(C)(C)[Si](Oc1cc2cc(CO)ccc2c(O[Si](c2ccccc2)(c2ccccc2)C(C)(C)C)n1)(c1ccccc1)c1ccccc1. The van der Waals surface area contributed by atoms with Gasteiger partial charge >= 0.3 is 16.6 Å². The van der Waals surface area contributed by atoms with Crippen molar-refractivity contribution in [2.75, 3.05) is 0 Å². The van der Waals surface area contributed by atoms with Crippen LogP contribution in [0.1, 0.15) is 47.1 Å². The van der Waals surface area contributed by atoms with Gasteiger partial charge in [-0.25, -0.2) is 0 Å². The van der Waals surface area contributed by atoms with Gasteiger partial charge < -0.3 is 14.0 Å². The van der Waals surface area contributed by atoms with Crippen molar-refractivity contribution in [3.8, 4) is 11.8 Å². The highest BCUT2D eigenvalue weighted by Crippen LogP contribution is 2.42. The van der Waals surface area contributed by atoms with E-state index in [1.807, 2.05) is 24.3 Å². The molecule has 0 aliphatic rings. The molecule has 1 N–H and O–H groups in total. The first-order chi connectivity index (χ1) is 23.0. The monoisotopic (exact) mass is 667 g/mol. The third kappa shape index (κ3) is 6.00. The summed E-state index contributed by atoms with van der Waals surface area (Å²) in [6.45, 7) is 13.6. The summed E-state index contributed by atoms with van der Waals surface area (Å²) in [4.78, 5) is 5.32. The Labute approximate surface area is 287 Å². The summed E-state index contributed by atoms with van der Waals surface area (Å²) in [5.41, 5.74) is 0.821. The topological polar surface area (TPSA) is 51.6 Å². The summed E-state index contributed by atoms with van der Waals surface area (Å²) < 4.78 is 15.1. The number of benzene rings is 5. The number of nitrogens with zero attached hydrogens (tertiary/aromatic N) is 1. The molecule has 0 fully saturated rings. The van der Waals surface area contributed by atoms with E-state index in [1.54, 1.807) is 0 Å². The molecule has 0 bridgehead atoms. The van der Waals surface area contributed by atoms with Crippen LogP contribution in [0.3, 0.4) is 0 Å². The molecule has 0 aliphatic heterocycles. The third-order valence-corrected chi connectivity index (χ3v) is 19.2. The van der Waals surface area contributed by atoms with Crippen LogP contribution in [0.15, 0.2) is 146 Å². The molecule has 6 rings (SSSR count). The summed E-state index contributed by atoms with van der Waals surface area (Å²) in [6, 6.07) is 50.5. The van der Waals surface area contributed by atoms with Gasteiger partial charge in [0.15, 0.2) is 0 Å². The van der Waals surface area contributed by atoms with Crippen LogP contribution < -0.4 is 29.6 Å². The van der Waals surface area contributed by atoms with E-state index in [-0.39, 0.29) is 16.7 Å². The largest absolute Gasteiger partial charge is 0.521 e. The lowest BCUT2D eigenvalue weighted by Crippen LogP contribution is -2.69. The van der Waals surface area contributed by atoms with Crippen molar-refractivity contribution in [1.82, 2.24) is 4.98 Å². The molecule has 5 aromatic carbocycles. The highest BCUT2D eigenvalue weighted by molar-refractivity contribution is 7.00. The maximum atomic E-state index is 10.2. The zero-order valence-corrected chi connectivity index (χ0v) is 30.8. The van der Waals surface area contributed by atoms with Gasteiger partial charge in [0.05, 0.1) is 6.61 Å². The fourth-order valence-electron chi connectivity index (χ4n) is 7.08. The Kier molecular flexibility index (Phi) is 9.18.